The first-order valence-electron chi connectivity index (χ1n) is 7.14. The van der Waals surface area contributed by atoms with Crippen molar-refractivity contribution in [1.29, 1.82) is 0 Å². The average molecular weight is 303 g/mol. The van der Waals surface area contributed by atoms with Gasteiger partial charge in [-0.1, -0.05) is 11.8 Å². The quantitative estimate of drug-likeness (QED) is 0.445. The van der Waals surface area contributed by atoms with Gasteiger partial charge in [-0.15, -0.1) is 0 Å². The SMILES string of the molecule is NCCCCC#Cc1ccc(NC(=O)CCN)cc1C(=O)O. The lowest BCUT2D eigenvalue weighted by Gasteiger charge is -2.06. The van der Waals surface area contributed by atoms with Gasteiger partial charge in [0.05, 0.1) is 5.56 Å². The molecule has 6 heteroatoms. The normalized spacial score (nSPS) is 9.73. The lowest BCUT2D eigenvalue weighted by molar-refractivity contribution is -0.116. The molecule has 1 aromatic carbocycles. The molecule has 1 amide bonds. The molecule has 1 rings (SSSR count). The minimum Gasteiger partial charge on any atom is -0.478 e. The predicted octanol–water partition coefficient (Wildman–Crippen LogP) is 1.15. The summed E-state index contributed by atoms with van der Waals surface area (Å²) < 4.78 is 0. The van der Waals surface area contributed by atoms with Gasteiger partial charge in [-0.25, -0.2) is 4.79 Å². The Kier molecular flexibility index (Phi) is 7.68. The standard InChI is InChI=1S/C16H21N3O3/c17-9-4-2-1-3-5-12-6-7-13(11-14(12)16(21)22)19-15(20)8-10-18/h6-7,11H,1-2,4,8-10,17-18H2,(H,19,20)(H,21,22). The highest BCUT2D eigenvalue weighted by Crippen LogP contribution is 2.16. The largest absolute Gasteiger partial charge is 0.478 e. The van der Waals surface area contributed by atoms with Crippen molar-refractivity contribution in [3.63, 3.8) is 0 Å². The summed E-state index contributed by atoms with van der Waals surface area (Å²) in [6.45, 7) is 0.864. The van der Waals surface area contributed by atoms with Crippen molar-refractivity contribution >= 4 is 17.6 Å². The molecule has 118 valence electrons. The Labute approximate surface area is 129 Å². The van der Waals surface area contributed by atoms with Crippen molar-refractivity contribution in [1.82, 2.24) is 0 Å². The summed E-state index contributed by atoms with van der Waals surface area (Å²) in [4.78, 5) is 22.8. The molecule has 0 radical (unpaired) electrons. The molecule has 0 saturated carbocycles. The number of nitrogens with one attached hydrogen (secondary N) is 1. The van der Waals surface area contributed by atoms with Crippen molar-refractivity contribution in [3.8, 4) is 11.8 Å². The molecule has 0 aliphatic carbocycles. The van der Waals surface area contributed by atoms with Gasteiger partial charge < -0.3 is 21.9 Å². The van der Waals surface area contributed by atoms with Crippen LogP contribution in [-0.2, 0) is 4.79 Å². The Balaban J connectivity index is 2.86. The van der Waals surface area contributed by atoms with Crippen LogP contribution in [0.3, 0.4) is 0 Å². The second-order valence-electron chi connectivity index (χ2n) is 4.70. The monoisotopic (exact) mass is 303 g/mol. The molecule has 22 heavy (non-hydrogen) atoms. The molecule has 0 heterocycles. The van der Waals surface area contributed by atoms with Crippen LogP contribution in [0.1, 0.15) is 41.6 Å². The fourth-order valence-electron chi connectivity index (χ4n) is 1.78. The van der Waals surface area contributed by atoms with E-state index < -0.39 is 5.97 Å². The second kappa shape index (κ2) is 9.55. The van der Waals surface area contributed by atoms with Gasteiger partial charge in [-0.2, -0.15) is 0 Å². The van der Waals surface area contributed by atoms with E-state index in [4.69, 9.17) is 11.5 Å². The third-order valence-corrected chi connectivity index (χ3v) is 2.88. The maximum atomic E-state index is 11.5. The number of carbonyl (C=O) groups is 2. The number of rotatable bonds is 7. The number of nitrogens with two attached hydrogens (primary N) is 2. The topological polar surface area (TPSA) is 118 Å². The van der Waals surface area contributed by atoms with Crippen LogP contribution in [-0.4, -0.2) is 30.1 Å². The summed E-state index contributed by atoms with van der Waals surface area (Å²) in [6.07, 6.45) is 2.64. The first kappa shape index (κ1) is 17.7. The Morgan fingerprint density at radius 1 is 1.18 bits per heavy atom. The number of hydrogen-bond donors (Lipinski definition) is 4. The Bertz CT molecular complexity index is 588. The highest BCUT2D eigenvalue weighted by atomic mass is 16.4. The summed E-state index contributed by atoms with van der Waals surface area (Å²) in [7, 11) is 0. The van der Waals surface area contributed by atoms with Gasteiger partial charge in [-0.05, 0) is 37.6 Å². The smallest absolute Gasteiger partial charge is 0.337 e. The minimum absolute atomic E-state index is 0.0665. The summed E-state index contributed by atoms with van der Waals surface area (Å²) in [5, 5.41) is 11.9. The zero-order chi connectivity index (χ0) is 16.4. The van der Waals surface area contributed by atoms with Crippen molar-refractivity contribution in [2.24, 2.45) is 11.5 Å². The Morgan fingerprint density at radius 3 is 2.59 bits per heavy atom. The highest BCUT2D eigenvalue weighted by molar-refractivity contribution is 5.95. The fraction of sp³-hybridized carbons (Fsp3) is 0.375. The molecule has 0 fully saturated rings. The van der Waals surface area contributed by atoms with E-state index in [0.717, 1.165) is 12.8 Å². The van der Waals surface area contributed by atoms with Crippen molar-refractivity contribution in [2.45, 2.75) is 25.7 Å². The molecule has 0 aliphatic heterocycles. The molecule has 0 aliphatic rings. The molecule has 0 spiro atoms. The van der Waals surface area contributed by atoms with Crippen molar-refractivity contribution in [2.75, 3.05) is 18.4 Å². The number of unbranched alkanes of at least 4 members (excludes halogenated alkanes) is 2. The number of hydrogen-bond acceptors (Lipinski definition) is 4. The van der Waals surface area contributed by atoms with Crippen LogP contribution in [0.15, 0.2) is 18.2 Å². The number of carbonyl (C=O) groups excluding carboxylic acids is 1. The maximum Gasteiger partial charge on any atom is 0.337 e. The number of anilines is 1. The zero-order valence-corrected chi connectivity index (χ0v) is 12.4. The molecule has 6 N–H and O–H groups in total. The van der Waals surface area contributed by atoms with E-state index in [0.29, 0.717) is 24.2 Å². The average Bonchev–Trinajstić information content (AvgIpc) is 2.48. The second-order valence-corrected chi connectivity index (χ2v) is 4.70. The fourth-order valence-corrected chi connectivity index (χ4v) is 1.78. The van der Waals surface area contributed by atoms with E-state index >= 15 is 0 Å². The predicted molar refractivity (Wildman–Crippen MR) is 85.5 cm³/mol. The van der Waals surface area contributed by atoms with Gasteiger partial charge in [0.15, 0.2) is 0 Å². The summed E-state index contributed by atoms with van der Waals surface area (Å²) in [5.74, 6) is 4.46. The molecular weight excluding hydrogens is 282 g/mol. The van der Waals surface area contributed by atoms with Gasteiger partial charge in [0.2, 0.25) is 5.91 Å². The van der Waals surface area contributed by atoms with Crippen molar-refractivity contribution < 1.29 is 14.7 Å². The molecular formula is C16H21N3O3. The summed E-state index contributed by atoms with van der Waals surface area (Å²) in [6, 6.07) is 4.63. The third kappa shape index (κ3) is 5.95. The van der Waals surface area contributed by atoms with Crippen LogP contribution < -0.4 is 16.8 Å². The van der Waals surface area contributed by atoms with Crippen LogP contribution in [0, 0.1) is 11.8 Å². The van der Waals surface area contributed by atoms with Gasteiger partial charge in [-0.3, -0.25) is 4.79 Å². The number of aromatic carboxylic acids is 1. The first-order valence-corrected chi connectivity index (χ1v) is 7.14. The van der Waals surface area contributed by atoms with E-state index in [1.807, 2.05) is 0 Å². The highest BCUT2D eigenvalue weighted by Gasteiger charge is 2.10. The lowest BCUT2D eigenvalue weighted by atomic mass is 10.1. The molecule has 0 unspecified atom stereocenters. The number of carboxylic acid groups (broad SMARTS) is 1. The van der Waals surface area contributed by atoms with E-state index in [1.165, 1.54) is 6.07 Å². The maximum absolute atomic E-state index is 11.5. The molecule has 0 bridgehead atoms. The van der Waals surface area contributed by atoms with Gasteiger partial charge in [0.1, 0.15) is 0 Å². The van der Waals surface area contributed by atoms with E-state index in [9.17, 15) is 14.7 Å². The van der Waals surface area contributed by atoms with Crippen LogP contribution in [0.25, 0.3) is 0 Å². The Hall–Kier alpha value is -2.36. The van der Waals surface area contributed by atoms with Crippen LogP contribution >= 0.6 is 0 Å². The van der Waals surface area contributed by atoms with Gasteiger partial charge in [0, 0.05) is 30.6 Å². The molecule has 0 saturated heterocycles. The first-order chi connectivity index (χ1) is 10.6. The number of carboxylic acids is 1. The zero-order valence-electron chi connectivity index (χ0n) is 12.4. The van der Waals surface area contributed by atoms with Gasteiger partial charge in [0.25, 0.3) is 0 Å². The van der Waals surface area contributed by atoms with Crippen molar-refractivity contribution in [3.05, 3.63) is 29.3 Å². The minimum atomic E-state index is -1.08. The van der Waals surface area contributed by atoms with E-state index in [-0.39, 0.29) is 24.4 Å². The number of amides is 1. The van der Waals surface area contributed by atoms with Crippen LogP contribution in [0.4, 0.5) is 5.69 Å². The molecule has 0 aromatic heterocycles. The van der Waals surface area contributed by atoms with Crippen LogP contribution in [0.5, 0.6) is 0 Å². The third-order valence-electron chi connectivity index (χ3n) is 2.88. The molecule has 1 aromatic rings. The summed E-state index contributed by atoms with van der Waals surface area (Å²) in [5.41, 5.74) is 11.6. The Morgan fingerprint density at radius 2 is 1.95 bits per heavy atom. The number of benzene rings is 1. The van der Waals surface area contributed by atoms with E-state index in [2.05, 4.69) is 17.2 Å². The lowest BCUT2D eigenvalue weighted by Crippen LogP contribution is -2.16. The summed E-state index contributed by atoms with van der Waals surface area (Å²) >= 11 is 0. The van der Waals surface area contributed by atoms with Crippen LogP contribution in [0.2, 0.25) is 0 Å². The molecule has 6 nitrogen and oxygen atoms in total. The molecule has 0 atom stereocenters. The van der Waals surface area contributed by atoms with Gasteiger partial charge >= 0.3 is 5.97 Å². The van der Waals surface area contributed by atoms with E-state index in [1.54, 1.807) is 12.1 Å².